The fraction of sp³-hybridized carbons (Fsp3) is 0.200. The zero-order valence-electron chi connectivity index (χ0n) is 9.31. The molecule has 2 rings (SSSR count). The Kier molecular flexibility index (Phi) is 3.90. The third-order valence-electron chi connectivity index (χ3n) is 1.88. The average molecular weight is 312 g/mol. The molecule has 0 amide bonds. The van der Waals surface area contributed by atoms with Gasteiger partial charge in [-0.2, -0.15) is 0 Å². The molecule has 0 aromatic carbocycles. The summed E-state index contributed by atoms with van der Waals surface area (Å²) in [5.74, 6) is 0.572. The summed E-state index contributed by atoms with van der Waals surface area (Å²) in [6.45, 7) is 1.95. The van der Waals surface area contributed by atoms with Gasteiger partial charge in [-0.1, -0.05) is 0 Å². The van der Waals surface area contributed by atoms with Crippen LogP contribution in [-0.2, 0) is 0 Å². The highest BCUT2D eigenvalue weighted by atomic mass is 79.9. The van der Waals surface area contributed by atoms with Gasteiger partial charge in [0.25, 0.3) is 0 Å². The van der Waals surface area contributed by atoms with Crippen LogP contribution in [0.15, 0.2) is 33.2 Å². The molecule has 0 aliphatic heterocycles. The zero-order valence-corrected chi connectivity index (χ0v) is 11.7. The first-order chi connectivity index (χ1) is 8.19. The van der Waals surface area contributed by atoms with E-state index in [4.69, 9.17) is 0 Å². The molecule has 0 bridgehead atoms. The van der Waals surface area contributed by atoms with Gasteiger partial charge in [0.1, 0.15) is 5.03 Å². The summed E-state index contributed by atoms with van der Waals surface area (Å²) in [7, 11) is 1.78. The lowest BCUT2D eigenvalue weighted by molar-refractivity contribution is 0.939. The summed E-state index contributed by atoms with van der Waals surface area (Å²) >= 11 is 4.79. The van der Waals surface area contributed by atoms with E-state index in [-0.39, 0.29) is 0 Å². The minimum atomic E-state index is 0.572. The van der Waals surface area contributed by atoms with Gasteiger partial charge in [0.05, 0.1) is 4.47 Å². The minimum absolute atomic E-state index is 0.572. The van der Waals surface area contributed by atoms with Crippen molar-refractivity contribution < 1.29 is 0 Å². The molecule has 2 aromatic rings. The van der Waals surface area contributed by atoms with Crippen LogP contribution < -0.4 is 5.32 Å². The van der Waals surface area contributed by atoms with E-state index in [9.17, 15) is 0 Å². The first kappa shape index (κ1) is 12.3. The Bertz CT molecular complexity index is 517. The first-order valence-corrected chi connectivity index (χ1v) is 6.47. The van der Waals surface area contributed by atoms with Crippen LogP contribution in [0, 0.1) is 6.92 Å². The van der Waals surface area contributed by atoms with Gasteiger partial charge in [-0.15, -0.1) is 0 Å². The molecule has 2 heterocycles. The highest BCUT2D eigenvalue weighted by Crippen LogP contribution is 2.29. The third-order valence-corrected chi connectivity index (χ3v) is 3.62. The molecule has 0 aliphatic carbocycles. The van der Waals surface area contributed by atoms with E-state index in [1.165, 1.54) is 11.8 Å². The average Bonchev–Trinajstić information content (AvgIpc) is 2.35. The second-order valence-corrected chi connectivity index (χ2v) is 5.05. The minimum Gasteiger partial charge on any atom is -0.357 e. The Morgan fingerprint density at radius 1 is 1.18 bits per heavy atom. The van der Waals surface area contributed by atoms with Crippen molar-refractivity contribution in [1.29, 1.82) is 0 Å². The standard InChI is InChI=1S/C10H10BrN5S/c1-6-3-14-10(15-4-6)17-8-7(11)5-13-9(12-2)16-8/h3-5H,1-2H3,(H,12,13,16). The predicted molar refractivity (Wildman–Crippen MR) is 70.2 cm³/mol. The van der Waals surface area contributed by atoms with Crippen LogP contribution in [-0.4, -0.2) is 27.0 Å². The predicted octanol–water partition coefficient (Wildman–Crippen LogP) is 2.53. The Labute approximate surface area is 112 Å². The zero-order chi connectivity index (χ0) is 12.3. The molecule has 7 heteroatoms. The van der Waals surface area contributed by atoms with Crippen molar-refractivity contribution >= 4 is 33.6 Å². The van der Waals surface area contributed by atoms with E-state index in [0.29, 0.717) is 11.1 Å². The van der Waals surface area contributed by atoms with E-state index in [1.807, 2.05) is 6.92 Å². The molecule has 2 aromatic heterocycles. The lowest BCUT2D eigenvalue weighted by Gasteiger charge is -2.04. The first-order valence-electron chi connectivity index (χ1n) is 4.86. The summed E-state index contributed by atoms with van der Waals surface area (Å²) in [4.78, 5) is 16.9. The molecule has 0 saturated carbocycles. The van der Waals surface area contributed by atoms with Crippen molar-refractivity contribution in [2.75, 3.05) is 12.4 Å². The maximum Gasteiger partial charge on any atom is 0.223 e. The monoisotopic (exact) mass is 311 g/mol. The van der Waals surface area contributed by atoms with Crippen LogP contribution in [0.2, 0.25) is 0 Å². The molecule has 0 radical (unpaired) electrons. The second kappa shape index (κ2) is 5.42. The number of aromatic nitrogens is 4. The summed E-state index contributed by atoms with van der Waals surface area (Å²) in [6.07, 6.45) is 5.27. The smallest absolute Gasteiger partial charge is 0.223 e. The van der Waals surface area contributed by atoms with Gasteiger partial charge in [-0.05, 0) is 40.2 Å². The lowest BCUT2D eigenvalue weighted by Crippen LogP contribution is -1.97. The maximum atomic E-state index is 4.32. The SMILES string of the molecule is CNc1ncc(Br)c(Sc2ncc(C)cn2)n1. The van der Waals surface area contributed by atoms with Crippen LogP contribution in [0.3, 0.4) is 0 Å². The Morgan fingerprint density at radius 3 is 2.53 bits per heavy atom. The van der Waals surface area contributed by atoms with Gasteiger partial charge in [-0.3, -0.25) is 0 Å². The van der Waals surface area contributed by atoms with E-state index in [0.717, 1.165) is 15.1 Å². The van der Waals surface area contributed by atoms with Crippen molar-refractivity contribution in [3.05, 3.63) is 28.6 Å². The van der Waals surface area contributed by atoms with E-state index < -0.39 is 0 Å². The van der Waals surface area contributed by atoms with E-state index in [2.05, 4.69) is 41.2 Å². The number of hydrogen-bond acceptors (Lipinski definition) is 6. The molecule has 0 unspecified atom stereocenters. The number of aryl methyl sites for hydroxylation is 1. The number of anilines is 1. The van der Waals surface area contributed by atoms with Crippen molar-refractivity contribution in [3.63, 3.8) is 0 Å². The second-order valence-electron chi connectivity index (χ2n) is 3.24. The molecular weight excluding hydrogens is 302 g/mol. The normalized spacial score (nSPS) is 10.3. The van der Waals surface area contributed by atoms with Gasteiger partial charge < -0.3 is 5.32 Å². The Balaban J connectivity index is 2.25. The van der Waals surface area contributed by atoms with Gasteiger partial charge in [0.2, 0.25) is 5.95 Å². The summed E-state index contributed by atoms with van der Waals surface area (Å²) in [6, 6.07) is 0. The summed E-state index contributed by atoms with van der Waals surface area (Å²) in [5.41, 5.74) is 1.03. The quantitative estimate of drug-likeness (QED) is 0.694. The van der Waals surface area contributed by atoms with Crippen LogP contribution >= 0.6 is 27.7 Å². The number of hydrogen-bond donors (Lipinski definition) is 1. The summed E-state index contributed by atoms with van der Waals surface area (Å²) in [5, 5.41) is 4.34. The molecule has 0 saturated heterocycles. The van der Waals surface area contributed by atoms with Crippen molar-refractivity contribution in [2.24, 2.45) is 0 Å². The fourth-order valence-electron chi connectivity index (χ4n) is 1.06. The fourth-order valence-corrected chi connectivity index (χ4v) is 2.16. The molecule has 17 heavy (non-hydrogen) atoms. The Morgan fingerprint density at radius 2 is 1.88 bits per heavy atom. The molecule has 0 aliphatic rings. The highest BCUT2D eigenvalue weighted by Gasteiger charge is 2.08. The highest BCUT2D eigenvalue weighted by molar-refractivity contribution is 9.10. The van der Waals surface area contributed by atoms with Crippen molar-refractivity contribution in [2.45, 2.75) is 17.1 Å². The lowest BCUT2D eigenvalue weighted by atomic mass is 10.4. The number of halogens is 1. The van der Waals surface area contributed by atoms with Gasteiger partial charge in [0.15, 0.2) is 5.16 Å². The Hall–Kier alpha value is -1.21. The van der Waals surface area contributed by atoms with Crippen LogP contribution in [0.1, 0.15) is 5.56 Å². The van der Waals surface area contributed by atoms with E-state index >= 15 is 0 Å². The molecule has 0 spiro atoms. The maximum absolute atomic E-state index is 4.32. The van der Waals surface area contributed by atoms with E-state index in [1.54, 1.807) is 25.6 Å². The molecular formula is C10H10BrN5S. The topological polar surface area (TPSA) is 63.6 Å². The van der Waals surface area contributed by atoms with Crippen molar-refractivity contribution in [3.8, 4) is 0 Å². The van der Waals surface area contributed by atoms with Crippen LogP contribution in [0.4, 0.5) is 5.95 Å². The molecule has 5 nitrogen and oxygen atoms in total. The third kappa shape index (κ3) is 3.13. The van der Waals surface area contributed by atoms with Crippen LogP contribution in [0.25, 0.3) is 0 Å². The van der Waals surface area contributed by atoms with Crippen LogP contribution in [0.5, 0.6) is 0 Å². The molecule has 1 N–H and O–H groups in total. The molecule has 0 fully saturated rings. The number of nitrogens with one attached hydrogen (secondary N) is 1. The molecule has 0 atom stereocenters. The van der Waals surface area contributed by atoms with Gasteiger partial charge in [-0.25, -0.2) is 19.9 Å². The molecule has 88 valence electrons. The van der Waals surface area contributed by atoms with Crippen molar-refractivity contribution in [1.82, 2.24) is 19.9 Å². The summed E-state index contributed by atoms with van der Waals surface area (Å²) < 4.78 is 0.825. The largest absolute Gasteiger partial charge is 0.357 e. The number of nitrogens with zero attached hydrogens (tertiary/aromatic N) is 4. The van der Waals surface area contributed by atoms with Gasteiger partial charge in [0, 0.05) is 25.6 Å². The van der Waals surface area contributed by atoms with Gasteiger partial charge >= 0.3 is 0 Å². The number of rotatable bonds is 3.